The van der Waals surface area contributed by atoms with Crippen LogP contribution < -0.4 is 4.74 Å². The summed E-state index contributed by atoms with van der Waals surface area (Å²) in [5.41, 5.74) is 5.77. The Bertz CT molecular complexity index is 1400. The Hall–Kier alpha value is -3.15. The Labute approximate surface area is 217 Å². The number of phenols is 1. The van der Waals surface area contributed by atoms with Gasteiger partial charge in [0.2, 0.25) is 5.78 Å². The third-order valence-corrected chi connectivity index (χ3v) is 8.26. The van der Waals surface area contributed by atoms with Crippen LogP contribution in [0.5, 0.6) is 11.5 Å². The lowest BCUT2D eigenvalue weighted by Crippen LogP contribution is -2.25. The van der Waals surface area contributed by atoms with Gasteiger partial charge in [0.1, 0.15) is 18.1 Å². The number of benzene rings is 3. The molecule has 1 N–H and O–H groups in total. The second-order valence-corrected chi connectivity index (χ2v) is 11.2. The van der Waals surface area contributed by atoms with E-state index in [4.69, 9.17) is 4.74 Å². The Balaban J connectivity index is 1.46. The zero-order valence-electron chi connectivity index (χ0n) is 21.4. The standard InChI is InChI=1S/C31H33NO3S/c1-19-11-12-32(18-19)13-14-35-25-8-5-23(6-9-25)29-26-10-7-24(33)17-27(26)36-31(29)30(34)28-21(3)15-20(2)16-22(28)4/h5-10,15-17,19,33H,11-14,18H2,1-4H3/t19-/m0/s1. The molecule has 1 aliphatic rings. The number of ketones is 1. The third-order valence-electron chi connectivity index (χ3n) is 7.11. The van der Waals surface area contributed by atoms with Gasteiger partial charge in [-0.1, -0.05) is 36.8 Å². The first-order valence-corrected chi connectivity index (χ1v) is 13.5. The molecule has 1 saturated heterocycles. The number of nitrogens with zero attached hydrogens (tertiary/aromatic N) is 1. The summed E-state index contributed by atoms with van der Waals surface area (Å²) in [5, 5.41) is 11.1. The number of carbonyl (C=O) groups is 1. The second kappa shape index (κ2) is 10.1. The number of carbonyl (C=O) groups excluding carboxylic acids is 1. The number of phenolic OH excluding ortho intramolecular Hbond substituents is 1. The number of ether oxygens (including phenoxy) is 1. The molecule has 4 aromatic rings. The van der Waals surface area contributed by atoms with E-state index < -0.39 is 0 Å². The average molecular weight is 500 g/mol. The van der Waals surface area contributed by atoms with Crippen LogP contribution in [0.25, 0.3) is 21.2 Å². The molecule has 1 atom stereocenters. The van der Waals surface area contributed by atoms with Crippen LogP contribution in [0.15, 0.2) is 54.6 Å². The largest absolute Gasteiger partial charge is 0.508 e. The highest BCUT2D eigenvalue weighted by Crippen LogP contribution is 2.42. The van der Waals surface area contributed by atoms with Gasteiger partial charge in [-0.15, -0.1) is 11.3 Å². The van der Waals surface area contributed by atoms with E-state index in [9.17, 15) is 9.90 Å². The molecule has 0 saturated carbocycles. The van der Waals surface area contributed by atoms with Gasteiger partial charge in [0, 0.05) is 34.3 Å². The van der Waals surface area contributed by atoms with Crippen LogP contribution in [0, 0.1) is 26.7 Å². The summed E-state index contributed by atoms with van der Waals surface area (Å²) in [6, 6.07) is 17.5. The first-order chi connectivity index (χ1) is 17.3. The minimum Gasteiger partial charge on any atom is -0.508 e. The van der Waals surface area contributed by atoms with Gasteiger partial charge >= 0.3 is 0 Å². The molecule has 1 aliphatic heterocycles. The summed E-state index contributed by atoms with van der Waals surface area (Å²) in [6.07, 6.45) is 1.27. The van der Waals surface area contributed by atoms with Crippen molar-refractivity contribution < 1.29 is 14.6 Å². The minimum absolute atomic E-state index is 0.0286. The number of rotatable bonds is 7. The van der Waals surface area contributed by atoms with Crippen molar-refractivity contribution in [2.24, 2.45) is 5.92 Å². The van der Waals surface area contributed by atoms with Crippen molar-refractivity contribution in [3.8, 4) is 22.6 Å². The van der Waals surface area contributed by atoms with Crippen LogP contribution in [-0.2, 0) is 0 Å². The lowest BCUT2D eigenvalue weighted by molar-refractivity contribution is 0.104. The SMILES string of the molecule is Cc1cc(C)c(C(=O)c2sc3cc(O)ccc3c2-c2ccc(OCCN3CC[C@H](C)C3)cc2)c(C)c1. The number of fused-ring (bicyclic) bond motifs is 1. The Morgan fingerprint density at radius 2 is 1.78 bits per heavy atom. The van der Waals surface area contributed by atoms with Crippen LogP contribution in [0.1, 0.15) is 45.3 Å². The molecule has 5 rings (SSSR count). The van der Waals surface area contributed by atoms with Gasteiger partial charge < -0.3 is 9.84 Å². The number of aryl methyl sites for hydroxylation is 3. The summed E-state index contributed by atoms with van der Waals surface area (Å²) in [4.78, 5) is 17.1. The first-order valence-electron chi connectivity index (χ1n) is 12.6. The lowest BCUT2D eigenvalue weighted by atomic mass is 9.92. The average Bonchev–Trinajstić information content (AvgIpc) is 3.41. The van der Waals surface area contributed by atoms with Crippen molar-refractivity contribution >= 4 is 27.2 Å². The summed E-state index contributed by atoms with van der Waals surface area (Å²) in [5.74, 6) is 1.84. The summed E-state index contributed by atoms with van der Waals surface area (Å²) in [6.45, 7) is 12.3. The molecule has 0 spiro atoms. The topological polar surface area (TPSA) is 49.8 Å². The molecule has 36 heavy (non-hydrogen) atoms. The molecule has 186 valence electrons. The Morgan fingerprint density at radius 1 is 1.06 bits per heavy atom. The molecule has 0 radical (unpaired) electrons. The van der Waals surface area contributed by atoms with Gasteiger partial charge in [-0.2, -0.15) is 0 Å². The predicted molar refractivity (Wildman–Crippen MR) is 149 cm³/mol. The molecular formula is C31H33NO3S. The molecule has 1 fully saturated rings. The monoisotopic (exact) mass is 499 g/mol. The molecule has 1 aromatic heterocycles. The van der Waals surface area contributed by atoms with E-state index in [1.165, 1.54) is 17.8 Å². The molecule has 3 aromatic carbocycles. The highest BCUT2D eigenvalue weighted by atomic mass is 32.1. The fourth-order valence-electron chi connectivity index (χ4n) is 5.42. The maximum Gasteiger partial charge on any atom is 0.204 e. The number of hydrogen-bond acceptors (Lipinski definition) is 5. The molecular weight excluding hydrogens is 466 g/mol. The smallest absolute Gasteiger partial charge is 0.204 e. The fraction of sp³-hybridized carbons (Fsp3) is 0.323. The number of hydrogen-bond donors (Lipinski definition) is 1. The molecule has 0 aliphatic carbocycles. The van der Waals surface area contributed by atoms with Crippen LogP contribution in [-0.4, -0.2) is 42.0 Å². The van der Waals surface area contributed by atoms with E-state index in [2.05, 4.69) is 30.9 Å². The van der Waals surface area contributed by atoms with Crippen molar-refractivity contribution in [3.05, 3.63) is 81.7 Å². The number of aromatic hydroxyl groups is 1. The van der Waals surface area contributed by atoms with Gasteiger partial charge in [0.25, 0.3) is 0 Å². The van der Waals surface area contributed by atoms with Crippen molar-refractivity contribution in [1.82, 2.24) is 4.90 Å². The zero-order valence-corrected chi connectivity index (χ0v) is 22.2. The normalized spacial score (nSPS) is 16.1. The first kappa shape index (κ1) is 24.5. The summed E-state index contributed by atoms with van der Waals surface area (Å²) >= 11 is 1.44. The van der Waals surface area contributed by atoms with E-state index in [-0.39, 0.29) is 11.5 Å². The summed E-state index contributed by atoms with van der Waals surface area (Å²) in [7, 11) is 0. The van der Waals surface area contributed by atoms with Crippen molar-refractivity contribution in [2.45, 2.75) is 34.1 Å². The lowest BCUT2D eigenvalue weighted by Gasteiger charge is -2.16. The Kier molecular flexibility index (Phi) is 6.87. The van der Waals surface area contributed by atoms with Crippen LogP contribution >= 0.6 is 11.3 Å². The van der Waals surface area contributed by atoms with Gasteiger partial charge in [-0.05, 0) is 86.7 Å². The zero-order chi connectivity index (χ0) is 25.4. The van der Waals surface area contributed by atoms with Gasteiger partial charge in [-0.25, -0.2) is 0 Å². The highest BCUT2D eigenvalue weighted by Gasteiger charge is 2.24. The highest BCUT2D eigenvalue weighted by molar-refractivity contribution is 7.21. The minimum atomic E-state index is 0.0286. The third kappa shape index (κ3) is 4.91. The van der Waals surface area contributed by atoms with Gasteiger partial charge in [0.15, 0.2) is 0 Å². The molecule has 5 heteroatoms. The van der Waals surface area contributed by atoms with Crippen LogP contribution in [0.3, 0.4) is 0 Å². The maximum atomic E-state index is 13.9. The van der Waals surface area contributed by atoms with Gasteiger partial charge in [-0.3, -0.25) is 9.69 Å². The van der Waals surface area contributed by atoms with E-state index in [0.29, 0.717) is 11.5 Å². The van der Waals surface area contributed by atoms with Crippen LogP contribution in [0.2, 0.25) is 0 Å². The van der Waals surface area contributed by atoms with Crippen LogP contribution in [0.4, 0.5) is 0 Å². The maximum absolute atomic E-state index is 13.9. The molecule has 2 heterocycles. The van der Waals surface area contributed by atoms with Gasteiger partial charge in [0.05, 0.1) is 4.88 Å². The summed E-state index contributed by atoms with van der Waals surface area (Å²) < 4.78 is 6.93. The van der Waals surface area contributed by atoms with E-state index >= 15 is 0 Å². The van der Waals surface area contributed by atoms with Crippen molar-refractivity contribution in [1.29, 1.82) is 0 Å². The van der Waals surface area contributed by atoms with Crippen molar-refractivity contribution in [2.75, 3.05) is 26.2 Å². The molecule has 0 bridgehead atoms. The van der Waals surface area contributed by atoms with Crippen molar-refractivity contribution in [3.63, 3.8) is 0 Å². The number of thiophene rings is 1. The Morgan fingerprint density at radius 3 is 2.44 bits per heavy atom. The molecule has 4 nitrogen and oxygen atoms in total. The second-order valence-electron chi connectivity index (χ2n) is 10.2. The molecule has 0 unspecified atom stereocenters. The fourth-order valence-corrected chi connectivity index (χ4v) is 6.63. The quantitative estimate of drug-likeness (QED) is 0.274. The molecule has 0 amide bonds. The van der Waals surface area contributed by atoms with E-state index in [0.717, 1.165) is 74.8 Å². The van der Waals surface area contributed by atoms with E-state index in [1.807, 2.05) is 44.2 Å². The predicted octanol–water partition coefficient (Wildman–Crippen LogP) is 7.15. The van der Waals surface area contributed by atoms with E-state index in [1.54, 1.807) is 12.1 Å². The number of likely N-dealkylation sites (tertiary alicyclic amines) is 1.